The number of aromatic nitrogens is 1. The summed E-state index contributed by atoms with van der Waals surface area (Å²) in [5.74, 6) is 0.529. The number of aromatic amines is 1. The molecule has 5 heteroatoms. The number of rotatable bonds is 3. The molecular weight excluding hydrogens is 242 g/mol. The van der Waals surface area contributed by atoms with Crippen LogP contribution < -0.4 is 16.6 Å². The van der Waals surface area contributed by atoms with Gasteiger partial charge in [0.1, 0.15) is 0 Å². The maximum atomic E-state index is 12.2. The molecule has 1 amide bonds. The molecule has 19 heavy (non-hydrogen) atoms. The summed E-state index contributed by atoms with van der Waals surface area (Å²) in [6.07, 6.45) is 5.44. The van der Waals surface area contributed by atoms with Crippen molar-refractivity contribution in [1.82, 2.24) is 10.3 Å². The Labute approximate surface area is 112 Å². The number of H-pyrrole nitrogens is 1. The van der Waals surface area contributed by atoms with Gasteiger partial charge in [-0.15, -0.1) is 0 Å². The molecular formula is C14H21N3O2. The molecule has 1 saturated carbocycles. The van der Waals surface area contributed by atoms with Crippen LogP contribution in [0.25, 0.3) is 0 Å². The van der Waals surface area contributed by atoms with E-state index < -0.39 is 0 Å². The van der Waals surface area contributed by atoms with Crippen LogP contribution in [-0.2, 0) is 0 Å². The number of carbonyl (C=O) groups excluding carboxylic acids is 1. The highest BCUT2D eigenvalue weighted by molar-refractivity contribution is 5.94. The molecule has 104 valence electrons. The van der Waals surface area contributed by atoms with Gasteiger partial charge < -0.3 is 16.0 Å². The van der Waals surface area contributed by atoms with Gasteiger partial charge in [-0.05, 0) is 37.7 Å². The summed E-state index contributed by atoms with van der Waals surface area (Å²) >= 11 is 0. The van der Waals surface area contributed by atoms with Crippen molar-refractivity contribution in [2.45, 2.75) is 38.1 Å². The number of pyridine rings is 1. The van der Waals surface area contributed by atoms with Crippen molar-refractivity contribution in [3.05, 3.63) is 34.2 Å². The molecule has 2 rings (SSSR count). The van der Waals surface area contributed by atoms with E-state index in [2.05, 4.69) is 17.2 Å². The molecule has 5 nitrogen and oxygen atoms in total. The van der Waals surface area contributed by atoms with Crippen LogP contribution in [0.15, 0.2) is 23.1 Å². The van der Waals surface area contributed by atoms with Gasteiger partial charge in [0.25, 0.3) is 5.91 Å². The Morgan fingerprint density at radius 2 is 2.16 bits per heavy atom. The summed E-state index contributed by atoms with van der Waals surface area (Å²) in [4.78, 5) is 25.7. The monoisotopic (exact) mass is 263 g/mol. The van der Waals surface area contributed by atoms with Gasteiger partial charge >= 0.3 is 0 Å². The van der Waals surface area contributed by atoms with Gasteiger partial charge in [0.2, 0.25) is 5.56 Å². The smallest absolute Gasteiger partial charge is 0.253 e. The van der Waals surface area contributed by atoms with E-state index in [9.17, 15) is 9.59 Å². The van der Waals surface area contributed by atoms with Crippen LogP contribution in [0.5, 0.6) is 0 Å². The van der Waals surface area contributed by atoms with Crippen molar-refractivity contribution in [3.8, 4) is 0 Å². The van der Waals surface area contributed by atoms with Crippen molar-refractivity contribution < 1.29 is 4.79 Å². The summed E-state index contributed by atoms with van der Waals surface area (Å²) < 4.78 is 0. The first kappa shape index (κ1) is 13.8. The first-order chi connectivity index (χ1) is 9.04. The van der Waals surface area contributed by atoms with E-state index in [0.29, 0.717) is 18.0 Å². The Balaban J connectivity index is 2.08. The van der Waals surface area contributed by atoms with Crippen molar-refractivity contribution in [2.24, 2.45) is 11.7 Å². The predicted molar refractivity (Wildman–Crippen MR) is 73.9 cm³/mol. The Morgan fingerprint density at radius 1 is 1.47 bits per heavy atom. The molecule has 0 aromatic carbocycles. The molecule has 1 fully saturated rings. The van der Waals surface area contributed by atoms with Crippen molar-refractivity contribution >= 4 is 5.91 Å². The van der Waals surface area contributed by atoms with Gasteiger partial charge in [-0.1, -0.05) is 6.92 Å². The zero-order chi connectivity index (χ0) is 13.9. The zero-order valence-corrected chi connectivity index (χ0v) is 11.2. The van der Waals surface area contributed by atoms with Crippen LogP contribution >= 0.6 is 0 Å². The van der Waals surface area contributed by atoms with E-state index >= 15 is 0 Å². The van der Waals surface area contributed by atoms with Crippen molar-refractivity contribution in [3.63, 3.8) is 0 Å². The van der Waals surface area contributed by atoms with Gasteiger partial charge in [0.05, 0.1) is 11.1 Å². The molecule has 0 spiro atoms. The average molecular weight is 263 g/mol. The molecule has 1 aromatic heterocycles. The fourth-order valence-electron chi connectivity index (χ4n) is 2.56. The fraction of sp³-hybridized carbons (Fsp3) is 0.571. The fourth-order valence-corrected chi connectivity index (χ4v) is 2.56. The molecule has 0 saturated heterocycles. The van der Waals surface area contributed by atoms with Crippen LogP contribution in [-0.4, -0.2) is 23.0 Å². The third kappa shape index (κ3) is 3.23. The average Bonchev–Trinajstić information content (AvgIpc) is 2.42. The van der Waals surface area contributed by atoms with Gasteiger partial charge in [-0.25, -0.2) is 0 Å². The number of nitrogens with one attached hydrogen (secondary N) is 2. The van der Waals surface area contributed by atoms with E-state index in [1.807, 2.05) is 0 Å². The summed E-state index contributed by atoms with van der Waals surface area (Å²) in [5, 5.41) is 3.05. The second kappa shape index (κ2) is 5.57. The molecule has 4 N–H and O–H groups in total. The highest BCUT2D eigenvalue weighted by Crippen LogP contribution is 2.31. The Kier molecular flexibility index (Phi) is 4.04. The number of nitrogens with two attached hydrogens (primary N) is 1. The topological polar surface area (TPSA) is 88.0 Å². The van der Waals surface area contributed by atoms with E-state index in [4.69, 9.17) is 5.73 Å². The molecule has 0 bridgehead atoms. The number of amides is 1. The molecule has 0 aliphatic heterocycles. The van der Waals surface area contributed by atoms with Crippen LogP contribution in [0.1, 0.15) is 43.0 Å². The maximum Gasteiger partial charge on any atom is 0.253 e. The SMILES string of the molecule is CC1CCC(CN)(NC(=O)c2ccc(=O)[nH]c2)CC1. The minimum Gasteiger partial charge on any atom is -0.345 e. The van der Waals surface area contributed by atoms with E-state index in [1.54, 1.807) is 0 Å². The molecule has 0 radical (unpaired) electrons. The van der Waals surface area contributed by atoms with Gasteiger partial charge in [-0.3, -0.25) is 9.59 Å². The number of hydrogen-bond acceptors (Lipinski definition) is 3. The zero-order valence-electron chi connectivity index (χ0n) is 11.2. The predicted octanol–water partition coefficient (Wildman–Crippen LogP) is 1.01. The van der Waals surface area contributed by atoms with Crippen LogP contribution in [0.3, 0.4) is 0 Å². The summed E-state index contributed by atoms with van der Waals surface area (Å²) in [5.41, 5.74) is 5.82. The van der Waals surface area contributed by atoms with Crippen LogP contribution in [0, 0.1) is 5.92 Å². The molecule has 1 aliphatic carbocycles. The first-order valence-electron chi connectivity index (χ1n) is 6.76. The van der Waals surface area contributed by atoms with Gasteiger partial charge in [0.15, 0.2) is 0 Å². The molecule has 1 aliphatic rings. The van der Waals surface area contributed by atoms with E-state index in [1.165, 1.54) is 18.3 Å². The standard InChI is InChI=1S/C14H21N3O2/c1-10-4-6-14(9-15,7-5-10)17-13(19)11-2-3-12(18)16-8-11/h2-3,8,10H,4-7,9,15H2,1H3,(H,16,18)(H,17,19). The molecule has 1 heterocycles. The second-order valence-electron chi connectivity index (χ2n) is 5.56. The van der Waals surface area contributed by atoms with Crippen molar-refractivity contribution in [1.29, 1.82) is 0 Å². The third-order valence-electron chi connectivity index (χ3n) is 4.05. The van der Waals surface area contributed by atoms with E-state index in [-0.39, 0.29) is 17.0 Å². The quantitative estimate of drug-likeness (QED) is 0.760. The Hall–Kier alpha value is -1.62. The molecule has 0 unspecified atom stereocenters. The molecule has 1 aromatic rings. The largest absolute Gasteiger partial charge is 0.345 e. The lowest BCUT2D eigenvalue weighted by Gasteiger charge is -2.39. The summed E-state index contributed by atoms with van der Waals surface area (Å²) in [6.45, 7) is 2.68. The van der Waals surface area contributed by atoms with Crippen LogP contribution in [0.4, 0.5) is 0 Å². The number of carbonyl (C=O) groups is 1. The third-order valence-corrected chi connectivity index (χ3v) is 4.05. The summed E-state index contributed by atoms with van der Waals surface area (Å²) in [6, 6.07) is 2.89. The Morgan fingerprint density at radius 3 is 2.68 bits per heavy atom. The van der Waals surface area contributed by atoms with Crippen molar-refractivity contribution in [2.75, 3.05) is 6.54 Å². The molecule has 0 atom stereocenters. The maximum absolute atomic E-state index is 12.2. The minimum absolute atomic E-state index is 0.170. The number of hydrogen-bond donors (Lipinski definition) is 3. The van der Waals surface area contributed by atoms with Gasteiger partial charge in [-0.2, -0.15) is 0 Å². The van der Waals surface area contributed by atoms with Gasteiger partial charge in [0, 0.05) is 18.8 Å². The highest BCUT2D eigenvalue weighted by Gasteiger charge is 2.34. The summed E-state index contributed by atoms with van der Waals surface area (Å²) in [7, 11) is 0. The van der Waals surface area contributed by atoms with Crippen LogP contribution in [0.2, 0.25) is 0 Å². The lowest BCUT2D eigenvalue weighted by Crippen LogP contribution is -2.55. The normalized spacial score (nSPS) is 26.9. The lowest BCUT2D eigenvalue weighted by atomic mass is 9.77. The Bertz CT molecular complexity index is 481. The first-order valence-corrected chi connectivity index (χ1v) is 6.76. The second-order valence-corrected chi connectivity index (χ2v) is 5.56. The lowest BCUT2D eigenvalue weighted by molar-refractivity contribution is 0.0859. The highest BCUT2D eigenvalue weighted by atomic mass is 16.2. The van der Waals surface area contributed by atoms with E-state index in [0.717, 1.165) is 25.7 Å². The minimum atomic E-state index is -0.292.